The van der Waals surface area contributed by atoms with Crippen molar-refractivity contribution < 1.29 is 9.47 Å². The Morgan fingerprint density at radius 2 is 1.92 bits per heavy atom. The molecule has 2 aliphatic rings. The number of hydrogen-bond donors (Lipinski definition) is 0. The number of hydrogen-bond acceptors (Lipinski definition) is 6. The van der Waals surface area contributed by atoms with Crippen LogP contribution in [-0.2, 0) is 21.5 Å². The maximum atomic E-state index is 5.51. The number of aromatic nitrogens is 2. The third-order valence-electron chi connectivity index (χ3n) is 5.22. The summed E-state index contributed by atoms with van der Waals surface area (Å²) in [5.74, 6) is 1.97. The van der Waals surface area contributed by atoms with Crippen molar-refractivity contribution in [3.05, 3.63) is 17.6 Å². The van der Waals surface area contributed by atoms with Crippen LogP contribution in [0, 0.1) is 0 Å². The van der Waals surface area contributed by atoms with Crippen LogP contribution in [-0.4, -0.2) is 67.4 Å². The van der Waals surface area contributed by atoms with E-state index in [1.807, 2.05) is 0 Å². The lowest BCUT2D eigenvalue weighted by Gasteiger charge is -2.40. The SMILES string of the molecule is COCc1cc(N2CCCCC2CN2CCOCC2)nc(C(C)(C)C)n1. The monoisotopic (exact) mass is 362 g/mol. The quantitative estimate of drug-likeness (QED) is 0.803. The topological polar surface area (TPSA) is 50.7 Å². The van der Waals surface area contributed by atoms with Crippen LogP contribution in [0.4, 0.5) is 5.82 Å². The Labute approximate surface area is 157 Å². The first kappa shape index (κ1) is 19.5. The summed E-state index contributed by atoms with van der Waals surface area (Å²) < 4.78 is 10.9. The highest BCUT2D eigenvalue weighted by atomic mass is 16.5. The molecule has 0 bridgehead atoms. The number of rotatable bonds is 5. The molecule has 2 saturated heterocycles. The molecule has 6 heteroatoms. The van der Waals surface area contributed by atoms with Gasteiger partial charge in [0, 0.05) is 50.8 Å². The van der Waals surface area contributed by atoms with Crippen molar-refractivity contribution in [3.8, 4) is 0 Å². The molecule has 3 rings (SSSR count). The van der Waals surface area contributed by atoms with Gasteiger partial charge in [-0.25, -0.2) is 9.97 Å². The van der Waals surface area contributed by atoms with E-state index in [-0.39, 0.29) is 5.41 Å². The van der Waals surface area contributed by atoms with Crippen LogP contribution in [0.2, 0.25) is 0 Å². The predicted octanol–water partition coefficient (Wildman–Crippen LogP) is 2.61. The van der Waals surface area contributed by atoms with Crippen LogP contribution < -0.4 is 4.90 Å². The minimum Gasteiger partial charge on any atom is -0.379 e. The molecule has 0 spiro atoms. The highest BCUT2D eigenvalue weighted by molar-refractivity contribution is 5.42. The summed E-state index contributed by atoms with van der Waals surface area (Å²) in [5, 5.41) is 0. The zero-order valence-corrected chi connectivity index (χ0v) is 16.8. The Bertz CT molecular complexity index is 582. The highest BCUT2D eigenvalue weighted by Gasteiger charge is 2.28. The second-order valence-electron chi connectivity index (χ2n) is 8.48. The van der Waals surface area contributed by atoms with Crippen molar-refractivity contribution in [2.24, 2.45) is 0 Å². The maximum absolute atomic E-state index is 5.51. The summed E-state index contributed by atoms with van der Waals surface area (Å²) in [5.41, 5.74) is 0.895. The zero-order valence-electron chi connectivity index (χ0n) is 16.8. The van der Waals surface area contributed by atoms with E-state index in [2.05, 4.69) is 36.6 Å². The smallest absolute Gasteiger partial charge is 0.136 e. The van der Waals surface area contributed by atoms with E-state index in [1.54, 1.807) is 7.11 Å². The molecule has 1 atom stereocenters. The summed E-state index contributed by atoms with van der Waals surface area (Å²) in [6.07, 6.45) is 3.76. The van der Waals surface area contributed by atoms with Crippen LogP contribution in [0.1, 0.15) is 51.6 Å². The van der Waals surface area contributed by atoms with Gasteiger partial charge < -0.3 is 14.4 Å². The molecular formula is C20H34N4O2. The van der Waals surface area contributed by atoms with E-state index >= 15 is 0 Å². The molecule has 1 aromatic rings. The molecule has 3 heterocycles. The number of morpholine rings is 1. The third-order valence-corrected chi connectivity index (χ3v) is 5.22. The standard InChI is InChI=1S/C20H34N4O2/c1-20(2,3)19-21-16(15-25-4)13-18(22-19)24-8-6-5-7-17(24)14-23-9-11-26-12-10-23/h13,17H,5-12,14-15H2,1-4H3. The van der Waals surface area contributed by atoms with Gasteiger partial charge in [-0.2, -0.15) is 0 Å². The van der Waals surface area contributed by atoms with Gasteiger partial charge in [-0.15, -0.1) is 0 Å². The number of nitrogens with zero attached hydrogens (tertiary/aromatic N) is 4. The second-order valence-corrected chi connectivity index (χ2v) is 8.48. The second kappa shape index (κ2) is 8.63. The summed E-state index contributed by atoms with van der Waals surface area (Å²) in [4.78, 5) is 14.8. The maximum Gasteiger partial charge on any atom is 0.136 e. The third kappa shape index (κ3) is 4.93. The van der Waals surface area contributed by atoms with Crippen LogP contribution >= 0.6 is 0 Å². The van der Waals surface area contributed by atoms with Gasteiger partial charge in [-0.05, 0) is 19.3 Å². The van der Waals surface area contributed by atoms with E-state index < -0.39 is 0 Å². The van der Waals surface area contributed by atoms with Crippen molar-refractivity contribution in [1.29, 1.82) is 0 Å². The molecule has 0 saturated carbocycles. The van der Waals surface area contributed by atoms with Gasteiger partial charge in [-0.1, -0.05) is 20.8 Å². The van der Waals surface area contributed by atoms with Crippen molar-refractivity contribution in [1.82, 2.24) is 14.9 Å². The number of methoxy groups -OCH3 is 1. The lowest BCUT2D eigenvalue weighted by molar-refractivity contribution is 0.0338. The fourth-order valence-corrected chi connectivity index (χ4v) is 3.76. The molecule has 0 aromatic carbocycles. The molecule has 0 N–H and O–H groups in total. The van der Waals surface area contributed by atoms with Crippen LogP contribution in [0.5, 0.6) is 0 Å². The van der Waals surface area contributed by atoms with Crippen LogP contribution in [0.25, 0.3) is 0 Å². The fraction of sp³-hybridized carbons (Fsp3) is 0.800. The highest BCUT2D eigenvalue weighted by Crippen LogP contribution is 2.27. The molecule has 2 fully saturated rings. The van der Waals surface area contributed by atoms with E-state index in [0.29, 0.717) is 12.6 Å². The average Bonchev–Trinajstić information content (AvgIpc) is 2.62. The lowest BCUT2D eigenvalue weighted by Crippen LogP contribution is -2.50. The minimum absolute atomic E-state index is 0.0754. The molecule has 2 aliphatic heterocycles. The first-order valence-corrected chi connectivity index (χ1v) is 9.91. The van der Waals surface area contributed by atoms with Crippen molar-refractivity contribution in [2.45, 2.75) is 58.1 Å². The van der Waals surface area contributed by atoms with Crippen molar-refractivity contribution in [2.75, 3.05) is 51.4 Å². The number of ether oxygens (including phenoxy) is 2. The molecule has 0 radical (unpaired) electrons. The number of piperidine rings is 1. The van der Waals surface area contributed by atoms with E-state index in [9.17, 15) is 0 Å². The molecular weight excluding hydrogens is 328 g/mol. The Morgan fingerprint density at radius 3 is 2.62 bits per heavy atom. The van der Waals surface area contributed by atoms with Crippen LogP contribution in [0.15, 0.2) is 6.07 Å². The summed E-state index contributed by atoms with van der Waals surface area (Å²) in [6.45, 7) is 13.0. The first-order chi connectivity index (χ1) is 12.5. The Balaban J connectivity index is 1.84. The Hall–Kier alpha value is -1.24. The minimum atomic E-state index is -0.0754. The van der Waals surface area contributed by atoms with Gasteiger partial charge in [0.25, 0.3) is 0 Å². The Kier molecular flexibility index (Phi) is 6.48. The molecule has 6 nitrogen and oxygen atoms in total. The summed E-state index contributed by atoms with van der Waals surface area (Å²) >= 11 is 0. The molecule has 146 valence electrons. The first-order valence-electron chi connectivity index (χ1n) is 9.91. The molecule has 26 heavy (non-hydrogen) atoms. The van der Waals surface area contributed by atoms with Gasteiger partial charge in [0.15, 0.2) is 0 Å². The van der Waals surface area contributed by atoms with Gasteiger partial charge in [0.2, 0.25) is 0 Å². The van der Waals surface area contributed by atoms with Gasteiger partial charge >= 0.3 is 0 Å². The average molecular weight is 363 g/mol. The lowest BCUT2D eigenvalue weighted by atomic mass is 9.95. The molecule has 1 unspecified atom stereocenters. The fourth-order valence-electron chi connectivity index (χ4n) is 3.76. The summed E-state index contributed by atoms with van der Waals surface area (Å²) in [6, 6.07) is 2.64. The van der Waals surface area contributed by atoms with Crippen molar-refractivity contribution >= 4 is 5.82 Å². The molecule has 0 aliphatic carbocycles. The number of anilines is 1. The van der Waals surface area contributed by atoms with E-state index in [1.165, 1.54) is 19.3 Å². The van der Waals surface area contributed by atoms with Gasteiger partial charge in [0.1, 0.15) is 11.6 Å². The normalized spacial score (nSPS) is 22.6. The Morgan fingerprint density at radius 1 is 1.15 bits per heavy atom. The van der Waals surface area contributed by atoms with Gasteiger partial charge in [0.05, 0.1) is 25.5 Å². The zero-order chi connectivity index (χ0) is 18.6. The van der Waals surface area contributed by atoms with Crippen LogP contribution in [0.3, 0.4) is 0 Å². The van der Waals surface area contributed by atoms with Crippen molar-refractivity contribution in [3.63, 3.8) is 0 Å². The van der Waals surface area contributed by atoms with E-state index in [0.717, 1.165) is 56.7 Å². The van der Waals surface area contributed by atoms with E-state index in [4.69, 9.17) is 19.4 Å². The predicted molar refractivity (Wildman–Crippen MR) is 104 cm³/mol. The summed E-state index contributed by atoms with van der Waals surface area (Å²) in [7, 11) is 1.72. The molecule has 1 aromatic heterocycles. The largest absolute Gasteiger partial charge is 0.379 e. The van der Waals surface area contributed by atoms with Gasteiger partial charge in [-0.3, -0.25) is 4.90 Å². The molecule has 0 amide bonds.